The molecule has 0 aromatic heterocycles. The maximum atomic E-state index is 10.5. The maximum Gasteiger partial charge on any atom is 0.191 e. The fraction of sp³-hybridized carbons (Fsp3) is 0.944. The predicted octanol–water partition coefficient (Wildman–Crippen LogP) is 1.82. The molecule has 0 aromatic rings. The highest BCUT2D eigenvalue weighted by atomic mass is 16.5. The maximum absolute atomic E-state index is 10.5. The summed E-state index contributed by atoms with van der Waals surface area (Å²) >= 11 is 0. The van der Waals surface area contributed by atoms with Crippen LogP contribution in [-0.4, -0.2) is 62.2 Å². The van der Waals surface area contributed by atoms with E-state index in [1.54, 1.807) is 0 Å². The molecule has 3 N–H and O–H groups in total. The van der Waals surface area contributed by atoms with Crippen molar-refractivity contribution in [2.45, 2.75) is 70.0 Å². The molecule has 1 unspecified atom stereocenters. The van der Waals surface area contributed by atoms with Crippen LogP contribution in [0.2, 0.25) is 0 Å². The van der Waals surface area contributed by atoms with Crippen molar-refractivity contribution in [1.82, 2.24) is 10.6 Å². The largest absolute Gasteiger partial charge is 0.388 e. The lowest BCUT2D eigenvalue weighted by Crippen LogP contribution is -2.41. The van der Waals surface area contributed by atoms with Gasteiger partial charge in [0.25, 0.3) is 0 Å². The third-order valence-electron chi connectivity index (χ3n) is 4.75. The highest BCUT2D eigenvalue weighted by molar-refractivity contribution is 5.79. The molecule has 0 bridgehead atoms. The van der Waals surface area contributed by atoms with Crippen LogP contribution in [0.3, 0.4) is 0 Å². The van der Waals surface area contributed by atoms with Crippen molar-refractivity contribution in [3.05, 3.63) is 0 Å². The Hall–Kier alpha value is -0.850. The van der Waals surface area contributed by atoms with Crippen LogP contribution in [0.1, 0.15) is 58.3 Å². The first kappa shape index (κ1) is 19.5. The van der Waals surface area contributed by atoms with Crippen molar-refractivity contribution in [2.75, 3.05) is 39.5 Å². The second kappa shape index (κ2) is 10.9. The molecule has 1 atom stereocenters. The Labute approximate surface area is 146 Å². The molecule has 0 spiro atoms. The summed E-state index contributed by atoms with van der Waals surface area (Å²) in [6.07, 6.45) is 8.70. The molecule has 140 valence electrons. The Bertz CT molecular complexity index is 365. The van der Waals surface area contributed by atoms with Gasteiger partial charge < -0.3 is 25.2 Å². The predicted molar refractivity (Wildman–Crippen MR) is 96.4 cm³/mol. The molecule has 2 aliphatic rings. The van der Waals surface area contributed by atoms with E-state index in [1.165, 1.54) is 6.42 Å². The van der Waals surface area contributed by atoms with Crippen LogP contribution in [0.5, 0.6) is 0 Å². The van der Waals surface area contributed by atoms with E-state index in [9.17, 15) is 5.11 Å². The van der Waals surface area contributed by atoms with E-state index in [1.807, 2.05) is 0 Å². The molecule has 0 radical (unpaired) electrons. The molecule has 1 heterocycles. The summed E-state index contributed by atoms with van der Waals surface area (Å²) in [5.41, 5.74) is -0.606. The van der Waals surface area contributed by atoms with Gasteiger partial charge in [-0.05, 0) is 39.0 Å². The van der Waals surface area contributed by atoms with E-state index in [0.717, 1.165) is 77.2 Å². The lowest BCUT2D eigenvalue weighted by Gasteiger charge is -2.30. The Kier molecular flexibility index (Phi) is 8.84. The minimum absolute atomic E-state index is 0.299. The smallest absolute Gasteiger partial charge is 0.191 e. The van der Waals surface area contributed by atoms with Gasteiger partial charge in [0.15, 0.2) is 5.96 Å². The van der Waals surface area contributed by atoms with E-state index in [-0.39, 0.29) is 0 Å². The summed E-state index contributed by atoms with van der Waals surface area (Å²) in [5, 5.41) is 17.1. The third-order valence-corrected chi connectivity index (χ3v) is 4.75. The van der Waals surface area contributed by atoms with Crippen LogP contribution in [-0.2, 0) is 9.47 Å². The van der Waals surface area contributed by atoms with E-state index >= 15 is 0 Å². The Morgan fingerprint density at radius 3 is 2.79 bits per heavy atom. The van der Waals surface area contributed by atoms with E-state index in [4.69, 9.17) is 9.47 Å². The molecule has 6 heteroatoms. The topological polar surface area (TPSA) is 75.1 Å². The molecule has 1 saturated carbocycles. The van der Waals surface area contributed by atoms with Crippen molar-refractivity contribution in [3.8, 4) is 0 Å². The van der Waals surface area contributed by atoms with Gasteiger partial charge in [0.05, 0.1) is 24.9 Å². The second-order valence-corrected chi connectivity index (χ2v) is 6.97. The zero-order valence-corrected chi connectivity index (χ0v) is 15.2. The summed E-state index contributed by atoms with van der Waals surface area (Å²) in [6.45, 7) is 6.49. The number of hydrogen-bond donors (Lipinski definition) is 3. The molecule has 1 saturated heterocycles. The molecule has 2 fully saturated rings. The van der Waals surface area contributed by atoms with Gasteiger partial charge in [0, 0.05) is 26.3 Å². The van der Waals surface area contributed by atoms with Gasteiger partial charge in [-0.3, -0.25) is 4.99 Å². The highest BCUT2D eigenvalue weighted by Crippen LogP contribution is 2.28. The molecule has 1 aliphatic carbocycles. The van der Waals surface area contributed by atoms with E-state index in [2.05, 4.69) is 22.5 Å². The number of hydrogen-bond acceptors (Lipinski definition) is 4. The molecule has 6 nitrogen and oxygen atoms in total. The first-order chi connectivity index (χ1) is 11.7. The van der Waals surface area contributed by atoms with Gasteiger partial charge in [-0.1, -0.05) is 19.3 Å². The molecular weight excluding hydrogens is 306 g/mol. The normalized spacial score (nSPS) is 24.1. The van der Waals surface area contributed by atoms with Crippen LogP contribution in [0, 0.1) is 0 Å². The standard InChI is InChI=1S/C18H35N3O3/c1-2-19-17(21-15-18(22)9-4-3-5-10-18)20-11-7-12-23-14-16-8-6-13-24-16/h16,22H,2-15H2,1H3,(H2,19,20,21). The van der Waals surface area contributed by atoms with Crippen LogP contribution in [0.15, 0.2) is 4.99 Å². The first-order valence-electron chi connectivity index (χ1n) is 9.66. The number of rotatable bonds is 9. The van der Waals surface area contributed by atoms with E-state index < -0.39 is 5.60 Å². The fourth-order valence-electron chi connectivity index (χ4n) is 3.31. The summed E-state index contributed by atoms with van der Waals surface area (Å²) in [4.78, 5) is 4.57. The quantitative estimate of drug-likeness (QED) is 0.339. The van der Waals surface area contributed by atoms with Gasteiger partial charge in [0.1, 0.15) is 0 Å². The lowest BCUT2D eigenvalue weighted by molar-refractivity contribution is 0.0131. The summed E-state index contributed by atoms with van der Waals surface area (Å²) in [5.74, 6) is 0.788. The molecule has 0 aromatic carbocycles. The zero-order valence-electron chi connectivity index (χ0n) is 15.2. The number of nitrogens with zero attached hydrogens (tertiary/aromatic N) is 1. The van der Waals surface area contributed by atoms with Gasteiger partial charge in [-0.15, -0.1) is 0 Å². The number of guanidine groups is 1. The van der Waals surface area contributed by atoms with Crippen molar-refractivity contribution in [3.63, 3.8) is 0 Å². The number of nitrogens with one attached hydrogen (secondary N) is 2. The molecule has 24 heavy (non-hydrogen) atoms. The van der Waals surface area contributed by atoms with Crippen molar-refractivity contribution < 1.29 is 14.6 Å². The van der Waals surface area contributed by atoms with Gasteiger partial charge in [-0.2, -0.15) is 0 Å². The lowest BCUT2D eigenvalue weighted by atomic mass is 9.85. The summed E-state index contributed by atoms with van der Waals surface area (Å²) < 4.78 is 11.2. The van der Waals surface area contributed by atoms with Crippen LogP contribution >= 0.6 is 0 Å². The van der Waals surface area contributed by atoms with E-state index in [0.29, 0.717) is 19.3 Å². The minimum Gasteiger partial charge on any atom is -0.388 e. The average molecular weight is 341 g/mol. The zero-order chi connectivity index (χ0) is 17.1. The summed E-state index contributed by atoms with van der Waals surface area (Å²) in [7, 11) is 0. The van der Waals surface area contributed by atoms with Crippen molar-refractivity contribution >= 4 is 5.96 Å². The molecular formula is C18H35N3O3. The van der Waals surface area contributed by atoms with Gasteiger partial charge in [-0.25, -0.2) is 0 Å². The molecule has 0 amide bonds. The minimum atomic E-state index is -0.606. The average Bonchev–Trinajstić information content (AvgIpc) is 3.10. The van der Waals surface area contributed by atoms with Crippen molar-refractivity contribution in [1.29, 1.82) is 0 Å². The monoisotopic (exact) mass is 341 g/mol. The Morgan fingerprint density at radius 1 is 1.25 bits per heavy atom. The number of ether oxygens (including phenoxy) is 2. The van der Waals surface area contributed by atoms with Crippen LogP contribution in [0.25, 0.3) is 0 Å². The molecule has 2 rings (SSSR count). The van der Waals surface area contributed by atoms with Gasteiger partial charge in [0.2, 0.25) is 0 Å². The van der Waals surface area contributed by atoms with Crippen molar-refractivity contribution in [2.24, 2.45) is 4.99 Å². The highest BCUT2D eigenvalue weighted by Gasteiger charge is 2.28. The van der Waals surface area contributed by atoms with Crippen LogP contribution < -0.4 is 10.6 Å². The summed E-state index contributed by atoms with van der Waals surface area (Å²) in [6, 6.07) is 0. The fourth-order valence-corrected chi connectivity index (χ4v) is 3.31. The van der Waals surface area contributed by atoms with Crippen LogP contribution in [0.4, 0.5) is 0 Å². The SMILES string of the molecule is CCNC(=NCC1(O)CCCCC1)NCCCOCC1CCCO1. The van der Waals surface area contributed by atoms with Gasteiger partial charge >= 0.3 is 0 Å². The third kappa shape index (κ3) is 7.36. The Balaban J connectivity index is 1.60. The Morgan fingerprint density at radius 2 is 2.08 bits per heavy atom. The molecule has 1 aliphatic heterocycles. The first-order valence-corrected chi connectivity index (χ1v) is 9.66. The number of aliphatic imine (C=N–C) groups is 1. The second-order valence-electron chi connectivity index (χ2n) is 6.97. The number of aliphatic hydroxyl groups is 1.